The first-order chi connectivity index (χ1) is 7.36. The Balaban J connectivity index is 5.01. The molecule has 1 unspecified atom stereocenters. The van der Waals surface area contributed by atoms with Crippen LogP contribution in [0.15, 0.2) is 0 Å². The van der Waals surface area contributed by atoms with Crippen LogP contribution in [0.3, 0.4) is 0 Å². The molecular weight excluding hydrogens is 225 g/mol. The molecule has 0 saturated carbocycles. The maximum atomic E-state index is 11.8. The zero-order chi connectivity index (χ0) is 12.9. The van der Waals surface area contributed by atoms with Crippen LogP contribution < -0.4 is 0 Å². The van der Waals surface area contributed by atoms with E-state index in [1.165, 1.54) is 0 Å². The Morgan fingerprint density at radius 1 is 1.19 bits per heavy atom. The van der Waals surface area contributed by atoms with Gasteiger partial charge in [-0.25, -0.2) is 0 Å². The van der Waals surface area contributed by atoms with Crippen LogP contribution in [-0.4, -0.2) is 73.5 Å². The molecule has 0 heterocycles. The van der Waals surface area contributed by atoms with E-state index in [0.717, 1.165) is 4.90 Å². The van der Waals surface area contributed by atoms with Gasteiger partial charge < -0.3 is 0 Å². The van der Waals surface area contributed by atoms with Crippen molar-refractivity contribution >= 4 is 45.8 Å². The van der Waals surface area contributed by atoms with E-state index in [9.17, 15) is 14.4 Å². The molecule has 1 amide bonds. The van der Waals surface area contributed by atoms with Crippen molar-refractivity contribution in [1.29, 1.82) is 0 Å². The second-order valence-electron chi connectivity index (χ2n) is 3.51. The average Bonchev–Trinajstić information content (AvgIpc) is 2.22. The van der Waals surface area contributed by atoms with E-state index in [1.807, 2.05) is 6.92 Å². The number of nitrogens with zero attached hydrogens (tertiary/aromatic N) is 1. The van der Waals surface area contributed by atoms with Gasteiger partial charge in [0.25, 0.3) is 0 Å². The minimum absolute atomic E-state index is 0.0842. The van der Waals surface area contributed by atoms with Gasteiger partial charge in [0.2, 0.25) is 0 Å². The van der Waals surface area contributed by atoms with Gasteiger partial charge in [0.05, 0.1) is 0 Å². The minimum atomic E-state index is -1.78. The van der Waals surface area contributed by atoms with E-state index in [1.54, 1.807) is 6.92 Å². The third-order valence-electron chi connectivity index (χ3n) is 2.44. The van der Waals surface area contributed by atoms with Gasteiger partial charge in [-0.3, -0.25) is 0 Å². The van der Waals surface area contributed by atoms with Crippen molar-refractivity contribution in [3.05, 3.63) is 0 Å². The summed E-state index contributed by atoms with van der Waals surface area (Å²) in [6.45, 7) is 3.47. The van der Waals surface area contributed by atoms with E-state index < -0.39 is 18.0 Å². The van der Waals surface area contributed by atoms with Crippen molar-refractivity contribution in [1.82, 2.24) is 4.90 Å². The van der Waals surface area contributed by atoms with Crippen molar-refractivity contribution in [2.45, 2.75) is 29.5 Å². The van der Waals surface area contributed by atoms with Gasteiger partial charge in [0.1, 0.15) is 0 Å². The van der Waals surface area contributed by atoms with E-state index in [4.69, 9.17) is 10.2 Å². The Bertz CT molecular complexity index is 280. The van der Waals surface area contributed by atoms with Crippen molar-refractivity contribution in [3.8, 4) is 0 Å². The molecule has 0 rings (SSSR count). The first kappa shape index (κ1) is 15.4. The summed E-state index contributed by atoms with van der Waals surface area (Å²) in [6, 6.07) is -1.78. The van der Waals surface area contributed by atoms with Gasteiger partial charge in [-0.1, -0.05) is 0 Å². The molecule has 0 aromatic heterocycles. The van der Waals surface area contributed by atoms with E-state index in [0.29, 0.717) is 34.4 Å². The molecule has 0 bridgehead atoms. The van der Waals surface area contributed by atoms with Crippen LogP contribution in [0.4, 0.5) is 0 Å². The molecular formula is C9H14NNaO5. The summed E-state index contributed by atoms with van der Waals surface area (Å²) in [5, 5.41) is 17.6. The van der Waals surface area contributed by atoms with Crippen LogP contribution >= 0.6 is 0 Å². The number of aliphatic carboxylic acids is 2. The number of hydrogen-bond acceptors (Lipinski definition) is 3. The number of likely N-dealkylation sites (N-methyl/N-ethyl adjacent to an activating group) is 1. The van der Waals surface area contributed by atoms with Crippen LogP contribution in [0.1, 0.15) is 20.3 Å². The average molecular weight is 239 g/mol. The van der Waals surface area contributed by atoms with Gasteiger partial charge in [0.15, 0.2) is 0 Å². The number of carbonyl (C=O) groups is 3. The Kier molecular flexibility index (Phi) is 6.62. The van der Waals surface area contributed by atoms with Gasteiger partial charge in [-0.05, 0) is 0 Å². The Morgan fingerprint density at radius 2 is 1.62 bits per heavy atom. The van der Waals surface area contributed by atoms with Crippen molar-refractivity contribution < 1.29 is 24.6 Å². The Morgan fingerprint density at radius 3 is 1.88 bits per heavy atom. The zero-order valence-electron chi connectivity index (χ0n) is 9.64. The Hall–Kier alpha value is -0.590. The summed E-state index contributed by atoms with van der Waals surface area (Å²) < 4.78 is -0.235. The molecule has 0 aromatic rings. The topological polar surface area (TPSA) is 94.9 Å². The van der Waals surface area contributed by atoms with E-state index in [-0.39, 0.29) is 15.6 Å². The summed E-state index contributed by atoms with van der Waals surface area (Å²) in [5.74, 6) is -3.40. The van der Waals surface area contributed by atoms with Crippen LogP contribution in [0.2, 0.25) is 3.17 Å². The van der Waals surface area contributed by atoms with Gasteiger partial charge in [-0.2, -0.15) is 0 Å². The predicted octanol–water partition coefficient (Wildman–Crippen LogP) is -0.260. The predicted molar refractivity (Wildman–Crippen MR) is 56.2 cm³/mol. The van der Waals surface area contributed by atoms with E-state index >= 15 is 0 Å². The van der Waals surface area contributed by atoms with Crippen LogP contribution in [-0.2, 0) is 14.4 Å². The molecule has 2 N–H and O–H groups in total. The van der Waals surface area contributed by atoms with Crippen molar-refractivity contribution in [3.63, 3.8) is 0 Å². The fraction of sp³-hybridized carbons (Fsp3) is 0.667. The molecule has 0 aliphatic heterocycles. The summed E-state index contributed by atoms with van der Waals surface area (Å²) in [6.07, 6.45) is 0.605. The van der Waals surface area contributed by atoms with Gasteiger partial charge in [0, 0.05) is 0 Å². The number of rotatable bonds is 6. The SMILES string of the molecule is CC[CH]([Na])C(=O)N(CC)C(C(=O)O)C(=O)O. The zero-order valence-corrected chi connectivity index (χ0v) is 11.6. The molecule has 0 aliphatic carbocycles. The van der Waals surface area contributed by atoms with Gasteiger partial charge in [-0.15, -0.1) is 0 Å². The monoisotopic (exact) mass is 239 g/mol. The molecule has 0 radical (unpaired) electrons. The first-order valence-electron chi connectivity index (χ1n) is 5.12. The van der Waals surface area contributed by atoms with Gasteiger partial charge >= 0.3 is 111 Å². The Labute approximate surface area is 111 Å². The fourth-order valence-corrected chi connectivity index (χ4v) is 1.63. The van der Waals surface area contributed by atoms with E-state index in [2.05, 4.69) is 0 Å². The molecule has 0 aliphatic rings. The molecule has 0 aromatic carbocycles. The second-order valence-corrected chi connectivity index (χ2v) is 4.91. The molecule has 86 valence electrons. The third-order valence-corrected chi connectivity index (χ3v) is 3.75. The third kappa shape index (κ3) is 3.77. The number of carboxylic acid groups (broad SMARTS) is 2. The number of hydrogen-bond donors (Lipinski definition) is 2. The second kappa shape index (κ2) is 6.88. The molecule has 7 heteroatoms. The van der Waals surface area contributed by atoms with Crippen molar-refractivity contribution in [2.24, 2.45) is 0 Å². The summed E-state index contributed by atoms with van der Waals surface area (Å²) >= 11 is 0.586. The molecule has 0 spiro atoms. The summed E-state index contributed by atoms with van der Waals surface area (Å²) in [5.41, 5.74) is 0. The summed E-state index contributed by atoms with van der Waals surface area (Å²) in [7, 11) is 0. The molecule has 6 nitrogen and oxygen atoms in total. The first-order valence-corrected chi connectivity index (χ1v) is 6.28. The quantitative estimate of drug-likeness (QED) is 0.492. The standard InChI is InChI=1S/C9H14NO5.Na/c1-3-5-6(11)10(4-2)7(8(12)13)9(14)15;/h5,7H,3-4H2,1-2H3,(H,12,13)(H,14,15);. The number of carbonyl (C=O) groups excluding carboxylic acids is 1. The van der Waals surface area contributed by atoms with Crippen LogP contribution in [0.5, 0.6) is 0 Å². The van der Waals surface area contributed by atoms with Crippen LogP contribution in [0, 0.1) is 0 Å². The molecule has 0 saturated heterocycles. The molecule has 16 heavy (non-hydrogen) atoms. The molecule has 1 atom stereocenters. The fourth-order valence-electron chi connectivity index (χ4n) is 1.30. The number of amides is 1. The normalized spacial score (nSPS) is 12.3. The van der Waals surface area contributed by atoms with Crippen molar-refractivity contribution in [2.75, 3.05) is 6.54 Å². The van der Waals surface area contributed by atoms with Crippen LogP contribution in [0.25, 0.3) is 0 Å². The molecule has 0 fully saturated rings. The summed E-state index contributed by atoms with van der Waals surface area (Å²) in [4.78, 5) is 34.3. The maximum absolute atomic E-state index is 11.8. The number of carboxylic acids is 2.